The van der Waals surface area contributed by atoms with Crippen LogP contribution in [0, 0.1) is 0 Å². The second-order valence-electron chi connectivity index (χ2n) is 8.18. The Hall–Kier alpha value is -4.04. The SMILES string of the molecule is c1ccc2c(c1)ccc1c2c2cccc3c4cc5c(cc4n1c32)oc1ccccc15. The van der Waals surface area contributed by atoms with Gasteiger partial charge in [0.2, 0.25) is 0 Å². The standard InChI is InChI=1S/C28H15NO/c1-2-7-17-16(6-1)12-13-23-27(17)20-10-5-9-19-21-14-22-18-8-3-4-11-25(18)30-26(22)15-24(21)29(23)28(19)20/h1-15H. The van der Waals surface area contributed by atoms with Crippen LogP contribution in [-0.4, -0.2) is 4.40 Å². The van der Waals surface area contributed by atoms with Gasteiger partial charge in [-0.25, -0.2) is 0 Å². The topological polar surface area (TPSA) is 17.6 Å². The maximum Gasteiger partial charge on any atom is 0.137 e. The Bertz CT molecular complexity index is 1950. The number of furan rings is 1. The molecule has 0 amide bonds. The number of hydrogen-bond acceptors (Lipinski definition) is 1. The van der Waals surface area contributed by atoms with Gasteiger partial charge in [-0.2, -0.15) is 0 Å². The minimum Gasteiger partial charge on any atom is -0.456 e. The monoisotopic (exact) mass is 381 g/mol. The van der Waals surface area contributed by atoms with E-state index in [0.29, 0.717) is 0 Å². The van der Waals surface area contributed by atoms with Crippen LogP contribution in [0.3, 0.4) is 0 Å². The number of hydrogen-bond donors (Lipinski definition) is 0. The number of nitrogens with zero attached hydrogens (tertiary/aromatic N) is 1. The van der Waals surface area contributed by atoms with Gasteiger partial charge in [0.15, 0.2) is 0 Å². The highest BCUT2D eigenvalue weighted by Crippen LogP contribution is 2.43. The molecule has 5 aromatic carbocycles. The van der Waals surface area contributed by atoms with Gasteiger partial charge >= 0.3 is 0 Å². The van der Waals surface area contributed by atoms with E-state index in [4.69, 9.17) is 4.42 Å². The second-order valence-corrected chi connectivity index (χ2v) is 8.18. The molecular weight excluding hydrogens is 366 g/mol. The van der Waals surface area contributed by atoms with E-state index < -0.39 is 0 Å². The lowest BCUT2D eigenvalue weighted by atomic mass is 10.0. The number of aromatic nitrogens is 1. The van der Waals surface area contributed by atoms with Gasteiger partial charge in [0.1, 0.15) is 11.2 Å². The van der Waals surface area contributed by atoms with Gasteiger partial charge in [-0.15, -0.1) is 0 Å². The third-order valence-electron chi connectivity index (χ3n) is 6.70. The molecule has 3 aromatic heterocycles. The van der Waals surface area contributed by atoms with Gasteiger partial charge < -0.3 is 8.82 Å². The Morgan fingerprint density at radius 3 is 2.27 bits per heavy atom. The summed E-state index contributed by atoms with van der Waals surface area (Å²) in [6.45, 7) is 0. The zero-order valence-corrected chi connectivity index (χ0v) is 16.0. The van der Waals surface area contributed by atoms with Crippen LogP contribution in [-0.2, 0) is 0 Å². The van der Waals surface area contributed by atoms with Crippen LogP contribution in [0.2, 0.25) is 0 Å². The number of rotatable bonds is 0. The van der Waals surface area contributed by atoms with Gasteiger partial charge in [-0.05, 0) is 29.0 Å². The van der Waals surface area contributed by atoms with Gasteiger partial charge in [-0.3, -0.25) is 0 Å². The Labute approximate surface area is 170 Å². The molecule has 0 aliphatic rings. The van der Waals surface area contributed by atoms with Gasteiger partial charge in [0, 0.05) is 38.4 Å². The molecule has 0 atom stereocenters. The lowest BCUT2D eigenvalue weighted by molar-refractivity contribution is 0.669. The highest BCUT2D eigenvalue weighted by molar-refractivity contribution is 6.29. The Kier molecular flexibility index (Phi) is 2.44. The van der Waals surface area contributed by atoms with Crippen molar-refractivity contribution in [1.29, 1.82) is 0 Å². The summed E-state index contributed by atoms with van der Waals surface area (Å²) < 4.78 is 8.64. The number of para-hydroxylation sites is 2. The summed E-state index contributed by atoms with van der Waals surface area (Å²) in [7, 11) is 0. The number of fused-ring (bicyclic) bond motifs is 11. The fourth-order valence-corrected chi connectivity index (χ4v) is 5.46. The van der Waals surface area contributed by atoms with Crippen molar-refractivity contribution in [2.24, 2.45) is 0 Å². The molecule has 2 nitrogen and oxygen atoms in total. The van der Waals surface area contributed by atoms with Crippen LogP contribution >= 0.6 is 0 Å². The normalized spacial score (nSPS) is 12.7. The van der Waals surface area contributed by atoms with Crippen molar-refractivity contribution in [2.45, 2.75) is 0 Å². The molecule has 0 unspecified atom stereocenters. The molecule has 0 bridgehead atoms. The van der Waals surface area contributed by atoms with E-state index in [0.717, 1.165) is 11.2 Å². The summed E-state index contributed by atoms with van der Waals surface area (Å²) in [6.07, 6.45) is 0. The van der Waals surface area contributed by atoms with Crippen molar-refractivity contribution in [2.75, 3.05) is 0 Å². The smallest absolute Gasteiger partial charge is 0.137 e. The molecule has 0 radical (unpaired) electrons. The molecule has 0 N–H and O–H groups in total. The van der Waals surface area contributed by atoms with Gasteiger partial charge in [0.05, 0.1) is 16.6 Å². The van der Waals surface area contributed by atoms with E-state index in [9.17, 15) is 0 Å². The second kappa shape index (κ2) is 4.92. The molecule has 0 fully saturated rings. The summed E-state index contributed by atoms with van der Waals surface area (Å²) in [6, 6.07) is 32.7. The highest BCUT2D eigenvalue weighted by atomic mass is 16.3. The maximum absolute atomic E-state index is 6.22. The van der Waals surface area contributed by atoms with E-state index >= 15 is 0 Å². The molecule has 0 saturated carbocycles. The number of benzene rings is 5. The van der Waals surface area contributed by atoms with Crippen LogP contribution in [0.15, 0.2) is 95.4 Å². The lowest BCUT2D eigenvalue weighted by Gasteiger charge is -2.02. The molecule has 138 valence electrons. The molecule has 0 aliphatic carbocycles. The summed E-state index contributed by atoms with van der Waals surface area (Å²) >= 11 is 0. The van der Waals surface area contributed by atoms with Crippen molar-refractivity contribution >= 4 is 70.8 Å². The zero-order valence-electron chi connectivity index (χ0n) is 16.0. The van der Waals surface area contributed by atoms with E-state index in [1.165, 1.54) is 59.6 Å². The van der Waals surface area contributed by atoms with Crippen molar-refractivity contribution in [3.63, 3.8) is 0 Å². The van der Waals surface area contributed by atoms with Crippen molar-refractivity contribution in [1.82, 2.24) is 4.40 Å². The van der Waals surface area contributed by atoms with Gasteiger partial charge in [0.25, 0.3) is 0 Å². The average Bonchev–Trinajstić information content (AvgIpc) is 3.43. The molecule has 2 heteroatoms. The molecular formula is C28H15NO. The quantitative estimate of drug-likeness (QED) is 0.261. The Balaban J connectivity index is 1.69. The average molecular weight is 381 g/mol. The van der Waals surface area contributed by atoms with Crippen LogP contribution < -0.4 is 0 Å². The predicted molar refractivity (Wildman–Crippen MR) is 126 cm³/mol. The van der Waals surface area contributed by atoms with Crippen LogP contribution in [0.5, 0.6) is 0 Å². The molecule has 0 saturated heterocycles. The van der Waals surface area contributed by atoms with Crippen LogP contribution in [0.25, 0.3) is 70.8 Å². The molecule has 0 spiro atoms. The van der Waals surface area contributed by atoms with E-state index in [-0.39, 0.29) is 0 Å². The molecule has 0 aliphatic heterocycles. The minimum atomic E-state index is 0.943. The first-order valence-corrected chi connectivity index (χ1v) is 10.3. The predicted octanol–water partition coefficient (Wildman–Crippen LogP) is 7.89. The van der Waals surface area contributed by atoms with E-state index in [1.54, 1.807) is 0 Å². The molecule has 8 aromatic rings. The van der Waals surface area contributed by atoms with Gasteiger partial charge in [-0.1, -0.05) is 66.7 Å². The van der Waals surface area contributed by atoms with Crippen molar-refractivity contribution < 1.29 is 4.42 Å². The minimum absolute atomic E-state index is 0.943. The largest absolute Gasteiger partial charge is 0.456 e. The fourth-order valence-electron chi connectivity index (χ4n) is 5.46. The van der Waals surface area contributed by atoms with Crippen molar-refractivity contribution in [3.05, 3.63) is 91.0 Å². The highest BCUT2D eigenvalue weighted by Gasteiger charge is 2.20. The molecule has 30 heavy (non-hydrogen) atoms. The third-order valence-corrected chi connectivity index (χ3v) is 6.70. The lowest BCUT2D eigenvalue weighted by Crippen LogP contribution is -1.81. The summed E-state index contributed by atoms with van der Waals surface area (Å²) in [5.41, 5.74) is 5.65. The zero-order chi connectivity index (χ0) is 19.4. The van der Waals surface area contributed by atoms with E-state index in [2.05, 4.69) is 83.3 Å². The first-order chi connectivity index (χ1) is 14.9. The summed E-state index contributed by atoms with van der Waals surface area (Å²) in [4.78, 5) is 0. The first kappa shape index (κ1) is 14.9. The molecule has 8 rings (SSSR count). The fraction of sp³-hybridized carbons (Fsp3) is 0. The van der Waals surface area contributed by atoms with Crippen LogP contribution in [0.4, 0.5) is 0 Å². The Morgan fingerprint density at radius 2 is 1.30 bits per heavy atom. The Morgan fingerprint density at radius 1 is 0.500 bits per heavy atom. The summed E-state index contributed by atoms with van der Waals surface area (Å²) in [5, 5.41) is 10.2. The van der Waals surface area contributed by atoms with Crippen LogP contribution in [0.1, 0.15) is 0 Å². The molecule has 3 heterocycles. The third kappa shape index (κ3) is 1.60. The van der Waals surface area contributed by atoms with E-state index in [1.807, 2.05) is 12.1 Å². The summed E-state index contributed by atoms with van der Waals surface area (Å²) in [5.74, 6) is 0. The maximum atomic E-state index is 6.22. The first-order valence-electron chi connectivity index (χ1n) is 10.3. The van der Waals surface area contributed by atoms with Crippen molar-refractivity contribution in [3.8, 4) is 0 Å².